The lowest BCUT2D eigenvalue weighted by atomic mass is 10.1. The van der Waals surface area contributed by atoms with E-state index in [1.165, 1.54) is 4.90 Å². The Bertz CT molecular complexity index is 556. The maximum Gasteiger partial charge on any atom is 0.401 e. The number of hydrogen-bond acceptors (Lipinski definition) is 3. The Labute approximate surface area is 124 Å². The molecule has 1 aliphatic heterocycles. The topological polar surface area (TPSA) is 39.1 Å². The SMILES string of the molecule is N#Cc1cc(F)c(NCC2CCN(CC(F)(F)F)C2)c(F)c1. The third kappa shape index (κ3) is 4.31. The number of alkyl halides is 3. The highest BCUT2D eigenvalue weighted by Gasteiger charge is 2.34. The largest absolute Gasteiger partial charge is 0.401 e. The molecule has 0 spiro atoms. The monoisotopic (exact) mass is 319 g/mol. The first-order valence-electron chi connectivity index (χ1n) is 6.70. The highest BCUT2D eigenvalue weighted by Crippen LogP contribution is 2.25. The van der Waals surface area contributed by atoms with E-state index in [0.29, 0.717) is 13.0 Å². The van der Waals surface area contributed by atoms with Crippen molar-refractivity contribution >= 4 is 5.69 Å². The van der Waals surface area contributed by atoms with E-state index in [-0.39, 0.29) is 30.3 Å². The van der Waals surface area contributed by atoms with Crippen LogP contribution < -0.4 is 5.32 Å². The van der Waals surface area contributed by atoms with Gasteiger partial charge in [-0.1, -0.05) is 0 Å². The van der Waals surface area contributed by atoms with Gasteiger partial charge in [-0.15, -0.1) is 0 Å². The molecule has 1 aromatic rings. The Kier molecular flexibility index (Phi) is 4.86. The summed E-state index contributed by atoms with van der Waals surface area (Å²) < 4.78 is 64.2. The van der Waals surface area contributed by atoms with Crippen LogP contribution in [0.25, 0.3) is 0 Å². The molecule has 22 heavy (non-hydrogen) atoms. The zero-order valence-corrected chi connectivity index (χ0v) is 11.6. The Morgan fingerprint density at radius 1 is 1.27 bits per heavy atom. The van der Waals surface area contributed by atoms with Crippen LogP contribution in [0.5, 0.6) is 0 Å². The van der Waals surface area contributed by atoms with Gasteiger partial charge in [0.25, 0.3) is 0 Å². The fourth-order valence-corrected chi connectivity index (χ4v) is 2.53. The van der Waals surface area contributed by atoms with Gasteiger partial charge in [0.05, 0.1) is 18.2 Å². The van der Waals surface area contributed by atoms with E-state index in [0.717, 1.165) is 12.1 Å². The van der Waals surface area contributed by atoms with Crippen molar-refractivity contribution in [2.75, 3.05) is 31.5 Å². The molecule has 1 fully saturated rings. The fraction of sp³-hybridized carbons (Fsp3) is 0.500. The molecule has 1 aliphatic rings. The van der Waals surface area contributed by atoms with Gasteiger partial charge < -0.3 is 5.32 Å². The number of hydrogen-bond donors (Lipinski definition) is 1. The minimum Gasteiger partial charge on any atom is -0.380 e. The number of halogens is 5. The molecule has 1 aromatic carbocycles. The van der Waals surface area contributed by atoms with Crippen LogP contribution in [0.3, 0.4) is 0 Å². The molecule has 0 bridgehead atoms. The van der Waals surface area contributed by atoms with Crippen LogP contribution in [0, 0.1) is 28.9 Å². The van der Waals surface area contributed by atoms with Crippen molar-refractivity contribution in [1.29, 1.82) is 5.26 Å². The number of likely N-dealkylation sites (tertiary alicyclic amines) is 1. The molecule has 120 valence electrons. The van der Waals surface area contributed by atoms with Crippen molar-refractivity contribution in [1.82, 2.24) is 4.90 Å². The van der Waals surface area contributed by atoms with Crippen molar-refractivity contribution in [3.05, 3.63) is 29.3 Å². The lowest BCUT2D eigenvalue weighted by Crippen LogP contribution is -2.33. The molecular weight excluding hydrogens is 305 g/mol. The van der Waals surface area contributed by atoms with Crippen LogP contribution in [0.15, 0.2) is 12.1 Å². The number of nitriles is 1. The highest BCUT2D eigenvalue weighted by atomic mass is 19.4. The van der Waals surface area contributed by atoms with Crippen molar-refractivity contribution in [3.8, 4) is 6.07 Å². The van der Waals surface area contributed by atoms with E-state index in [1.54, 1.807) is 6.07 Å². The van der Waals surface area contributed by atoms with Crippen molar-refractivity contribution in [2.45, 2.75) is 12.6 Å². The maximum atomic E-state index is 13.7. The molecule has 0 aliphatic carbocycles. The first-order chi connectivity index (χ1) is 10.3. The molecule has 1 unspecified atom stereocenters. The average Bonchev–Trinajstić information content (AvgIpc) is 2.82. The van der Waals surface area contributed by atoms with Crippen LogP contribution in [-0.4, -0.2) is 37.3 Å². The first-order valence-corrected chi connectivity index (χ1v) is 6.70. The van der Waals surface area contributed by atoms with Gasteiger partial charge in [-0.05, 0) is 31.0 Å². The van der Waals surface area contributed by atoms with Gasteiger partial charge in [0, 0.05) is 13.1 Å². The number of nitrogens with one attached hydrogen (secondary N) is 1. The third-order valence-electron chi connectivity index (χ3n) is 3.51. The zero-order valence-electron chi connectivity index (χ0n) is 11.6. The summed E-state index contributed by atoms with van der Waals surface area (Å²) in [7, 11) is 0. The molecule has 0 aromatic heterocycles. The normalized spacial score (nSPS) is 19.2. The maximum absolute atomic E-state index is 13.7. The molecule has 1 N–H and O–H groups in total. The Morgan fingerprint density at radius 2 is 1.91 bits per heavy atom. The summed E-state index contributed by atoms with van der Waals surface area (Å²) in [6.07, 6.45) is -3.71. The van der Waals surface area contributed by atoms with Crippen molar-refractivity contribution in [2.24, 2.45) is 5.92 Å². The summed E-state index contributed by atoms with van der Waals surface area (Å²) in [6, 6.07) is 3.47. The minimum absolute atomic E-state index is 0.114. The lowest BCUT2D eigenvalue weighted by molar-refractivity contribution is -0.143. The Balaban J connectivity index is 1.91. The number of rotatable bonds is 4. The standard InChI is InChI=1S/C14H14F5N3/c15-11-3-10(5-20)4-12(16)13(11)21-6-9-1-2-22(7-9)8-14(17,18)19/h3-4,9,21H,1-2,6-8H2. The van der Waals surface area contributed by atoms with Crippen LogP contribution in [0.2, 0.25) is 0 Å². The van der Waals surface area contributed by atoms with Crippen molar-refractivity contribution < 1.29 is 22.0 Å². The molecule has 1 saturated heterocycles. The second-order valence-electron chi connectivity index (χ2n) is 5.31. The molecule has 3 nitrogen and oxygen atoms in total. The van der Waals surface area contributed by atoms with E-state index in [9.17, 15) is 22.0 Å². The van der Waals surface area contributed by atoms with E-state index in [1.807, 2.05) is 0 Å². The molecule has 8 heteroatoms. The molecule has 2 rings (SSSR count). The summed E-state index contributed by atoms with van der Waals surface area (Å²) in [5.41, 5.74) is -0.481. The third-order valence-corrected chi connectivity index (χ3v) is 3.51. The van der Waals surface area contributed by atoms with Gasteiger partial charge in [-0.3, -0.25) is 4.90 Å². The quantitative estimate of drug-likeness (QED) is 0.867. The van der Waals surface area contributed by atoms with E-state index in [2.05, 4.69) is 5.32 Å². The molecule has 0 saturated carbocycles. The Hall–Kier alpha value is -1.88. The minimum atomic E-state index is -4.24. The van der Waals surface area contributed by atoms with E-state index >= 15 is 0 Å². The summed E-state index contributed by atoms with van der Waals surface area (Å²) in [5, 5.41) is 11.2. The summed E-state index contributed by atoms with van der Waals surface area (Å²) >= 11 is 0. The lowest BCUT2D eigenvalue weighted by Gasteiger charge is -2.18. The van der Waals surface area contributed by atoms with Gasteiger partial charge in [-0.2, -0.15) is 18.4 Å². The van der Waals surface area contributed by atoms with E-state index in [4.69, 9.17) is 5.26 Å². The summed E-state index contributed by atoms with van der Waals surface area (Å²) in [5.74, 6) is -1.89. The van der Waals surface area contributed by atoms with Crippen LogP contribution in [0.1, 0.15) is 12.0 Å². The highest BCUT2D eigenvalue weighted by molar-refractivity contribution is 5.50. The molecule has 0 radical (unpaired) electrons. The van der Waals surface area contributed by atoms with Crippen molar-refractivity contribution in [3.63, 3.8) is 0 Å². The van der Waals surface area contributed by atoms with Crippen LogP contribution in [-0.2, 0) is 0 Å². The number of nitrogens with zero attached hydrogens (tertiary/aromatic N) is 2. The van der Waals surface area contributed by atoms with Crippen LogP contribution >= 0.6 is 0 Å². The van der Waals surface area contributed by atoms with Gasteiger partial charge in [0.2, 0.25) is 0 Å². The molecule has 1 heterocycles. The second-order valence-corrected chi connectivity index (χ2v) is 5.31. The van der Waals surface area contributed by atoms with E-state index < -0.39 is 24.4 Å². The Morgan fingerprint density at radius 3 is 2.45 bits per heavy atom. The van der Waals surface area contributed by atoms with Gasteiger partial charge in [-0.25, -0.2) is 8.78 Å². The predicted octanol–water partition coefficient (Wildman–Crippen LogP) is 3.13. The summed E-state index contributed by atoms with van der Waals surface area (Å²) in [4.78, 5) is 1.28. The fourth-order valence-electron chi connectivity index (χ4n) is 2.53. The molecular formula is C14H14F5N3. The smallest absolute Gasteiger partial charge is 0.380 e. The first kappa shape index (κ1) is 16.5. The molecule has 1 atom stereocenters. The number of anilines is 1. The second kappa shape index (κ2) is 6.48. The van der Waals surface area contributed by atoms with Crippen LogP contribution in [0.4, 0.5) is 27.6 Å². The summed E-state index contributed by atoms with van der Waals surface area (Å²) in [6.45, 7) is -0.257. The molecule has 0 amide bonds. The zero-order chi connectivity index (χ0) is 16.3. The predicted molar refractivity (Wildman–Crippen MR) is 70.2 cm³/mol. The van der Waals surface area contributed by atoms with Gasteiger partial charge >= 0.3 is 6.18 Å². The average molecular weight is 319 g/mol. The van der Waals surface area contributed by atoms with Gasteiger partial charge in [0.1, 0.15) is 5.69 Å². The number of benzene rings is 1. The van der Waals surface area contributed by atoms with Gasteiger partial charge in [0.15, 0.2) is 11.6 Å².